The van der Waals surface area contributed by atoms with Gasteiger partial charge in [-0.2, -0.15) is 0 Å². The van der Waals surface area contributed by atoms with Gasteiger partial charge in [-0.1, -0.05) is 56.3 Å². The molecule has 0 unspecified atom stereocenters. The molecule has 2 saturated heterocycles. The predicted octanol–water partition coefficient (Wildman–Crippen LogP) is 3.78. The first-order valence-corrected chi connectivity index (χ1v) is 10.4. The Morgan fingerprint density at radius 1 is 1.25 bits per heavy atom. The van der Waals surface area contributed by atoms with Gasteiger partial charge in [0.15, 0.2) is 0 Å². The van der Waals surface area contributed by atoms with Gasteiger partial charge in [0.25, 0.3) is 5.91 Å². The Morgan fingerprint density at radius 3 is 2.46 bits per heavy atom. The minimum atomic E-state index is -0.746. The van der Waals surface area contributed by atoms with Crippen LogP contribution in [-0.4, -0.2) is 53.5 Å². The van der Waals surface area contributed by atoms with Crippen molar-refractivity contribution in [3.05, 3.63) is 48.0 Å². The summed E-state index contributed by atoms with van der Waals surface area (Å²) in [5.74, 6) is 0.600. The first kappa shape index (κ1) is 20.6. The fourth-order valence-electron chi connectivity index (χ4n) is 4.75. The maximum atomic E-state index is 13.1. The molecule has 0 radical (unpaired) electrons. The van der Waals surface area contributed by atoms with E-state index in [-0.39, 0.29) is 17.9 Å². The lowest BCUT2D eigenvalue weighted by molar-refractivity contribution is -0.133. The Morgan fingerprint density at radius 2 is 1.89 bits per heavy atom. The van der Waals surface area contributed by atoms with Crippen LogP contribution in [0.4, 0.5) is 4.79 Å². The van der Waals surface area contributed by atoms with E-state index >= 15 is 0 Å². The van der Waals surface area contributed by atoms with Crippen LogP contribution >= 0.6 is 0 Å². The highest BCUT2D eigenvalue weighted by molar-refractivity contribution is 6.07. The standard InChI is InChI=1S/C23H33N3O2/c1-5-23(21(27)26(15-17(2)3)22(28)24-23)20-11-13-25(14-12-20)16-18(4)19-9-7-6-8-10-19/h6-10,18,20H,2,5,11-16H2,1,3-4H3,(H,24,28)/t18-,23-/m0/s1. The van der Waals surface area contributed by atoms with Gasteiger partial charge in [0.2, 0.25) is 0 Å². The van der Waals surface area contributed by atoms with E-state index in [2.05, 4.69) is 54.1 Å². The highest BCUT2D eigenvalue weighted by Gasteiger charge is 2.54. The molecule has 2 aliphatic heterocycles. The third-order valence-corrected chi connectivity index (χ3v) is 6.37. The Bertz CT molecular complexity index is 725. The number of urea groups is 1. The van der Waals surface area contributed by atoms with Crippen LogP contribution in [0.1, 0.15) is 51.5 Å². The number of carbonyl (C=O) groups excluding carboxylic acids is 2. The van der Waals surface area contributed by atoms with E-state index in [1.165, 1.54) is 10.5 Å². The highest BCUT2D eigenvalue weighted by Crippen LogP contribution is 2.36. The van der Waals surface area contributed by atoms with E-state index in [1.54, 1.807) is 0 Å². The maximum Gasteiger partial charge on any atom is 0.325 e. The van der Waals surface area contributed by atoms with E-state index in [0.29, 0.717) is 18.9 Å². The second-order valence-electron chi connectivity index (χ2n) is 8.49. The van der Waals surface area contributed by atoms with Gasteiger partial charge in [-0.05, 0) is 56.7 Å². The quantitative estimate of drug-likeness (QED) is 0.576. The summed E-state index contributed by atoms with van der Waals surface area (Å²) in [5, 5.41) is 3.05. The van der Waals surface area contributed by atoms with Crippen molar-refractivity contribution in [1.82, 2.24) is 15.1 Å². The molecule has 3 amide bonds. The molecule has 1 N–H and O–H groups in total. The molecule has 0 aromatic heterocycles. The van der Waals surface area contributed by atoms with E-state index in [0.717, 1.165) is 38.0 Å². The van der Waals surface area contributed by atoms with Gasteiger partial charge in [-0.15, -0.1) is 0 Å². The summed E-state index contributed by atoms with van der Waals surface area (Å²) in [7, 11) is 0. The van der Waals surface area contributed by atoms with Gasteiger partial charge in [0, 0.05) is 6.54 Å². The lowest BCUT2D eigenvalue weighted by atomic mass is 9.75. The monoisotopic (exact) mass is 383 g/mol. The molecule has 2 atom stereocenters. The van der Waals surface area contributed by atoms with Crippen molar-refractivity contribution in [2.45, 2.75) is 51.5 Å². The summed E-state index contributed by atoms with van der Waals surface area (Å²) < 4.78 is 0. The third-order valence-electron chi connectivity index (χ3n) is 6.37. The molecule has 152 valence electrons. The molecule has 1 aromatic carbocycles. The van der Waals surface area contributed by atoms with Gasteiger partial charge in [-0.25, -0.2) is 4.79 Å². The largest absolute Gasteiger partial charge is 0.325 e. The molecule has 2 heterocycles. The molecule has 0 spiro atoms. The highest BCUT2D eigenvalue weighted by atomic mass is 16.2. The van der Waals surface area contributed by atoms with Crippen LogP contribution in [0.25, 0.3) is 0 Å². The molecule has 5 nitrogen and oxygen atoms in total. The number of hydrogen-bond donors (Lipinski definition) is 1. The van der Waals surface area contributed by atoms with Crippen LogP contribution in [-0.2, 0) is 4.79 Å². The summed E-state index contributed by atoms with van der Waals surface area (Å²) in [6, 6.07) is 10.3. The third kappa shape index (κ3) is 4.00. The zero-order valence-corrected chi connectivity index (χ0v) is 17.4. The number of hydrogen-bond acceptors (Lipinski definition) is 3. The van der Waals surface area contributed by atoms with Crippen molar-refractivity contribution in [2.24, 2.45) is 5.92 Å². The van der Waals surface area contributed by atoms with Crippen LogP contribution < -0.4 is 5.32 Å². The van der Waals surface area contributed by atoms with Crippen LogP contribution in [0, 0.1) is 5.92 Å². The first-order valence-electron chi connectivity index (χ1n) is 10.4. The van der Waals surface area contributed by atoms with Crippen molar-refractivity contribution >= 4 is 11.9 Å². The molecule has 5 heteroatoms. The number of imide groups is 1. The fraction of sp³-hybridized carbons (Fsp3) is 0.565. The first-order chi connectivity index (χ1) is 13.4. The van der Waals surface area contributed by atoms with Crippen molar-refractivity contribution in [2.75, 3.05) is 26.2 Å². The Kier molecular flexibility index (Phi) is 6.23. The number of likely N-dealkylation sites (tertiary alicyclic amines) is 1. The average Bonchev–Trinajstić information content (AvgIpc) is 2.94. The van der Waals surface area contributed by atoms with Crippen LogP contribution in [0.3, 0.4) is 0 Å². The minimum Gasteiger partial charge on any atom is -0.323 e. The Balaban J connectivity index is 1.62. The maximum absolute atomic E-state index is 13.1. The number of nitrogens with one attached hydrogen (secondary N) is 1. The summed E-state index contributed by atoms with van der Waals surface area (Å²) in [6.07, 6.45) is 2.50. The summed E-state index contributed by atoms with van der Waals surface area (Å²) in [6.45, 7) is 13.2. The second-order valence-corrected chi connectivity index (χ2v) is 8.49. The molecule has 2 fully saturated rings. The van der Waals surface area contributed by atoms with Gasteiger partial charge >= 0.3 is 6.03 Å². The predicted molar refractivity (Wildman–Crippen MR) is 112 cm³/mol. The van der Waals surface area contributed by atoms with E-state index in [9.17, 15) is 9.59 Å². The molecule has 28 heavy (non-hydrogen) atoms. The Labute approximate surface area is 168 Å². The molecule has 1 aromatic rings. The van der Waals surface area contributed by atoms with Crippen molar-refractivity contribution < 1.29 is 9.59 Å². The fourth-order valence-corrected chi connectivity index (χ4v) is 4.75. The molecule has 0 aliphatic carbocycles. The van der Waals surface area contributed by atoms with Gasteiger partial charge in [0.05, 0.1) is 6.54 Å². The van der Waals surface area contributed by atoms with E-state index in [4.69, 9.17) is 0 Å². The normalized spacial score (nSPS) is 25.0. The van der Waals surface area contributed by atoms with Crippen molar-refractivity contribution in [3.8, 4) is 0 Å². The molecular weight excluding hydrogens is 350 g/mol. The van der Waals surface area contributed by atoms with Crippen LogP contribution in [0.15, 0.2) is 42.5 Å². The van der Waals surface area contributed by atoms with Gasteiger partial charge < -0.3 is 10.2 Å². The number of carbonyl (C=O) groups is 2. The Hall–Kier alpha value is -2.14. The summed E-state index contributed by atoms with van der Waals surface area (Å²) in [4.78, 5) is 29.4. The molecule has 0 bridgehead atoms. The minimum absolute atomic E-state index is 0.0703. The number of benzene rings is 1. The molecule has 2 aliphatic rings. The lowest BCUT2D eigenvalue weighted by Crippen LogP contribution is -2.56. The molecule has 3 rings (SSSR count). The SMILES string of the molecule is C=C(C)CN1C(=O)N[C@@](CC)(C2CCN(C[C@H](C)c3ccccc3)CC2)C1=O. The smallest absolute Gasteiger partial charge is 0.323 e. The molecule has 0 saturated carbocycles. The van der Waals surface area contributed by atoms with Crippen LogP contribution in [0.2, 0.25) is 0 Å². The number of piperidine rings is 1. The topological polar surface area (TPSA) is 52.7 Å². The number of nitrogens with zero attached hydrogens (tertiary/aromatic N) is 2. The number of rotatable bonds is 7. The summed E-state index contributed by atoms with van der Waals surface area (Å²) >= 11 is 0. The van der Waals surface area contributed by atoms with E-state index < -0.39 is 5.54 Å². The average molecular weight is 384 g/mol. The van der Waals surface area contributed by atoms with Gasteiger partial charge in [0.1, 0.15) is 5.54 Å². The van der Waals surface area contributed by atoms with Crippen molar-refractivity contribution in [1.29, 1.82) is 0 Å². The summed E-state index contributed by atoms with van der Waals surface area (Å²) in [5.41, 5.74) is 1.44. The lowest BCUT2D eigenvalue weighted by Gasteiger charge is -2.41. The zero-order valence-electron chi connectivity index (χ0n) is 17.4. The van der Waals surface area contributed by atoms with Crippen molar-refractivity contribution in [3.63, 3.8) is 0 Å². The van der Waals surface area contributed by atoms with E-state index in [1.807, 2.05) is 13.8 Å². The van der Waals surface area contributed by atoms with Gasteiger partial charge in [-0.3, -0.25) is 9.69 Å². The molecular formula is C23H33N3O2. The van der Waals surface area contributed by atoms with Crippen LogP contribution in [0.5, 0.6) is 0 Å². The number of amides is 3. The second kappa shape index (κ2) is 8.48. The zero-order chi connectivity index (χ0) is 20.3.